The van der Waals surface area contributed by atoms with Crippen LogP contribution < -0.4 is 0 Å². The molecule has 3 saturated heterocycles. The number of phenols is 5. The molecule has 3 aromatic carbocycles. The molecule has 4 aliphatic heterocycles. The Balaban J connectivity index is 1.12. The number of esters is 1. The van der Waals surface area contributed by atoms with E-state index in [0.717, 1.165) is 12.1 Å². The topological polar surface area (TPSA) is 357 Å². The van der Waals surface area contributed by atoms with Gasteiger partial charge in [-0.25, -0.2) is 4.79 Å². The van der Waals surface area contributed by atoms with E-state index in [9.17, 15) is 71.2 Å². The molecule has 0 bridgehead atoms. The Kier molecular flexibility index (Phi) is 13.1. The van der Waals surface area contributed by atoms with Crippen LogP contribution in [0.3, 0.4) is 0 Å². The molecule has 332 valence electrons. The molecule has 0 aromatic heterocycles. The lowest BCUT2D eigenvalue weighted by Gasteiger charge is -2.44. The molecule has 3 fully saturated rings. The Labute approximate surface area is 344 Å². The van der Waals surface area contributed by atoms with E-state index in [1.807, 2.05) is 0 Å². The maximum Gasteiger partial charge on any atom is 0.338 e. The minimum atomic E-state index is -1.92. The minimum absolute atomic E-state index is 0.0464. The quantitative estimate of drug-likeness (QED) is 0.0509. The fourth-order valence-corrected chi connectivity index (χ4v) is 7.08. The van der Waals surface area contributed by atoms with Crippen molar-refractivity contribution in [3.63, 3.8) is 0 Å². The van der Waals surface area contributed by atoms with Crippen LogP contribution in [0, 0.1) is 0 Å². The summed E-state index contributed by atoms with van der Waals surface area (Å²) in [6.45, 7) is -1.97. The molecule has 3 aromatic rings. The van der Waals surface area contributed by atoms with Crippen LogP contribution in [0.1, 0.15) is 27.6 Å². The molecule has 22 nitrogen and oxygen atoms in total. The fourth-order valence-electron chi connectivity index (χ4n) is 7.08. The molecule has 15 atom stereocenters. The number of hydrogen-bond acceptors (Lipinski definition) is 21. The van der Waals surface area contributed by atoms with E-state index in [-0.39, 0.29) is 39.7 Å². The monoisotopic (exact) mass is 865 g/mol. The lowest BCUT2D eigenvalue weighted by atomic mass is 9.97. The molecule has 4 aliphatic rings. The first-order valence-electron chi connectivity index (χ1n) is 18.8. The number of aliphatic hydroxyl groups is 9. The Morgan fingerprint density at radius 2 is 1.23 bits per heavy atom. The largest absolute Gasteiger partial charge is 0.571 e. The number of phenolic OH excluding ortho intramolecular Hbond substituents is 5. The average Bonchev–Trinajstić information content (AvgIpc) is 3.47. The number of benzene rings is 3. The molecule has 61 heavy (non-hydrogen) atoms. The standard InChI is InChI=1S/C39H44O22/c40-16-4-1-14(2-5-16)36(52)55-12-25-27(45)30(48)33(51)38(60-25)56-13-26-28(46)31(49)35(54-11-24-29(47)32(50)37(53)58-24)39(61-26)59-23-10-18-20(43)8-17(41)9-22(18)57-34(23)15-3-6-19(42)21(44)7-15/h1-10,24-35,37-51,53H,11-13H2/p+1. The summed E-state index contributed by atoms with van der Waals surface area (Å²) >= 11 is 0. The van der Waals surface area contributed by atoms with Gasteiger partial charge in [-0.2, -0.15) is 0 Å². The van der Waals surface area contributed by atoms with Gasteiger partial charge in [0.15, 0.2) is 29.8 Å². The normalized spacial score (nSPS) is 34.8. The Bertz CT molecular complexity index is 2050. The first-order valence-corrected chi connectivity index (χ1v) is 18.8. The van der Waals surface area contributed by atoms with E-state index >= 15 is 0 Å². The third-order valence-electron chi connectivity index (χ3n) is 10.5. The van der Waals surface area contributed by atoms with Crippen molar-refractivity contribution in [3.8, 4) is 34.5 Å². The van der Waals surface area contributed by atoms with Gasteiger partial charge >= 0.3 is 5.97 Å². The number of fused-ring (bicyclic) bond motifs is 1. The highest BCUT2D eigenvalue weighted by molar-refractivity contribution is 5.89. The van der Waals surface area contributed by atoms with Crippen molar-refractivity contribution >= 4 is 12.0 Å². The number of aliphatic hydroxyl groups excluding tert-OH is 8. The van der Waals surface area contributed by atoms with Gasteiger partial charge in [-0.05, 0) is 42.5 Å². The number of rotatable bonds is 12. The van der Waals surface area contributed by atoms with Crippen molar-refractivity contribution in [2.24, 2.45) is 0 Å². The smallest absolute Gasteiger partial charge is 0.338 e. The van der Waals surface area contributed by atoms with Crippen LogP contribution in [-0.4, -0.2) is 183 Å². The molecule has 0 radical (unpaired) electrons. The summed E-state index contributed by atoms with van der Waals surface area (Å²) in [4.78, 5) is 12.5. The van der Waals surface area contributed by atoms with Crippen LogP contribution in [0.15, 0.2) is 60.4 Å². The molecule has 4 heterocycles. The summed E-state index contributed by atoms with van der Waals surface area (Å²) in [5.41, 5.74) is 0.311. The fraction of sp³-hybridized carbons (Fsp3) is 0.462. The minimum Gasteiger partial charge on any atom is -0.571 e. The molecule has 0 aliphatic carbocycles. The van der Waals surface area contributed by atoms with Gasteiger partial charge in [0.1, 0.15) is 96.6 Å². The predicted octanol–water partition coefficient (Wildman–Crippen LogP) is -2.48. The summed E-state index contributed by atoms with van der Waals surface area (Å²) in [5.74, 6) is -2.80. The van der Waals surface area contributed by atoms with Crippen molar-refractivity contribution in [2.75, 3.05) is 19.8 Å². The summed E-state index contributed by atoms with van der Waals surface area (Å²) in [7, 11) is 0. The van der Waals surface area contributed by atoms with Gasteiger partial charge in [-0.3, -0.25) is 0 Å². The molecule has 0 saturated carbocycles. The Hall–Kier alpha value is -5.05. The van der Waals surface area contributed by atoms with Crippen LogP contribution in [-0.2, 0) is 33.2 Å². The van der Waals surface area contributed by atoms with Crippen molar-refractivity contribution in [3.05, 3.63) is 77.0 Å². The van der Waals surface area contributed by atoms with Crippen LogP contribution in [0.5, 0.6) is 34.5 Å². The first-order chi connectivity index (χ1) is 29.0. The third-order valence-corrected chi connectivity index (χ3v) is 10.5. The van der Waals surface area contributed by atoms with Gasteiger partial charge in [-0.15, -0.1) is 0 Å². The molecule has 0 spiro atoms. The van der Waals surface area contributed by atoms with Crippen molar-refractivity contribution in [2.45, 2.75) is 92.1 Å². The Morgan fingerprint density at radius 3 is 1.92 bits per heavy atom. The number of carbonyl (C=O) groups excluding carboxylic acids is 1. The number of carbonyl (C=O) groups is 1. The zero-order valence-corrected chi connectivity index (χ0v) is 31.6. The molecule has 7 rings (SSSR count). The lowest BCUT2D eigenvalue weighted by molar-refractivity contribution is -0.333. The summed E-state index contributed by atoms with van der Waals surface area (Å²) in [6.07, 6.45) is -23.9. The predicted molar refractivity (Wildman–Crippen MR) is 197 cm³/mol. The third kappa shape index (κ3) is 9.27. The van der Waals surface area contributed by atoms with Crippen LogP contribution in [0.2, 0.25) is 0 Å². The van der Waals surface area contributed by atoms with Gasteiger partial charge in [0.2, 0.25) is 6.29 Å². The van der Waals surface area contributed by atoms with Crippen molar-refractivity contribution in [1.29, 1.82) is 0 Å². The molecule has 0 amide bonds. The van der Waals surface area contributed by atoms with E-state index in [1.54, 1.807) is 0 Å². The summed E-state index contributed by atoms with van der Waals surface area (Å²) in [5, 5.41) is 136. The summed E-state index contributed by atoms with van der Waals surface area (Å²) in [6, 6.07) is 11.0. The van der Waals surface area contributed by atoms with E-state index < -0.39 is 135 Å². The van der Waals surface area contributed by atoms with Crippen LogP contribution in [0.4, 0.5) is 0 Å². The first kappa shape index (κ1) is 44.0. The van der Waals surface area contributed by atoms with E-state index in [0.29, 0.717) is 0 Å². The maximum atomic E-state index is 12.5. The number of aromatic hydroxyl groups is 6. The van der Waals surface area contributed by atoms with E-state index in [2.05, 4.69) is 4.74 Å². The van der Waals surface area contributed by atoms with Gasteiger partial charge in [0.05, 0.1) is 30.4 Å². The second kappa shape index (κ2) is 18.1. The SMILES string of the molecule is O=C(OCC1OC(OCC2OC(OC3=Cc4c(O)cc(O)cc4[OH+]C3c3ccc(O)c(O)c3)C(OCC3OC(O)C(O)C3O)C(O)C2O)C(O)C(O)C1O)c1ccc(O)cc1. The molecular formula is C39H45O22+. The van der Waals surface area contributed by atoms with Crippen molar-refractivity contribution < 1.29 is 109 Å². The van der Waals surface area contributed by atoms with Crippen LogP contribution >= 0.6 is 0 Å². The molecular weight excluding hydrogens is 820 g/mol. The highest BCUT2D eigenvalue weighted by Crippen LogP contribution is 2.46. The summed E-state index contributed by atoms with van der Waals surface area (Å²) < 4.78 is 44.4. The van der Waals surface area contributed by atoms with Gasteiger partial charge in [0, 0.05) is 12.1 Å². The highest BCUT2D eigenvalue weighted by Gasteiger charge is 2.51. The maximum absolute atomic E-state index is 12.5. The highest BCUT2D eigenvalue weighted by atomic mass is 16.7. The van der Waals surface area contributed by atoms with E-state index in [4.69, 9.17) is 33.2 Å². The zero-order valence-electron chi connectivity index (χ0n) is 31.6. The molecule has 14 N–H and O–H groups in total. The van der Waals surface area contributed by atoms with Gasteiger partial charge in [-0.1, -0.05) is 0 Å². The average molecular weight is 866 g/mol. The lowest BCUT2D eigenvalue weighted by Crippen LogP contribution is -2.62. The second-order valence-electron chi connectivity index (χ2n) is 14.7. The molecule has 22 heteroatoms. The number of ether oxygens (including phenoxy) is 8. The van der Waals surface area contributed by atoms with Gasteiger partial charge < -0.3 is 104 Å². The van der Waals surface area contributed by atoms with Crippen molar-refractivity contribution in [1.82, 2.24) is 0 Å². The number of hydrogen-bond donors (Lipinski definition) is 13. The van der Waals surface area contributed by atoms with Gasteiger partial charge in [0.25, 0.3) is 11.9 Å². The van der Waals surface area contributed by atoms with Crippen LogP contribution in [0.25, 0.3) is 6.08 Å². The second-order valence-corrected chi connectivity index (χ2v) is 14.7. The van der Waals surface area contributed by atoms with E-state index in [1.165, 1.54) is 48.5 Å². The zero-order chi connectivity index (χ0) is 43.9. The Morgan fingerprint density at radius 1 is 0.590 bits per heavy atom. The molecule has 15 unspecified atom stereocenters.